The molecule has 5 aromatic carbocycles. The van der Waals surface area contributed by atoms with Crippen molar-refractivity contribution in [1.82, 2.24) is 20.0 Å². The summed E-state index contributed by atoms with van der Waals surface area (Å²) in [7, 11) is 4.40. The number of aromatic nitrogens is 2. The monoisotopic (exact) mass is 608 g/mol. The highest BCUT2D eigenvalue weighted by atomic mass is 16.5. The third kappa shape index (κ3) is 5.25. The van der Waals surface area contributed by atoms with Crippen LogP contribution in [0.4, 0.5) is 0 Å². The molecule has 2 saturated heterocycles. The third-order valence-electron chi connectivity index (χ3n) is 10.2. The van der Waals surface area contributed by atoms with Gasteiger partial charge in [0.1, 0.15) is 12.2 Å². The van der Waals surface area contributed by atoms with Gasteiger partial charge >= 0.3 is 0 Å². The Balaban J connectivity index is 1.21. The molecule has 1 aromatic heterocycles. The van der Waals surface area contributed by atoms with Crippen molar-refractivity contribution in [2.45, 2.75) is 50.0 Å². The van der Waals surface area contributed by atoms with Crippen LogP contribution >= 0.6 is 0 Å². The minimum Gasteiger partial charge on any atom is -0.466 e. The molecule has 3 heterocycles. The number of likely N-dealkylation sites (N-methyl/N-ethyl adjacent to an activating group) is 2. The lowest BCUT2D eigenvalue weighted by molar-refractivity contribution is 0.0981. The van der Waals surface area contributed by atoms with Gasteiger partial charge in [0, 0.05) is 11.1 Å². The molecule has 2 fully saturated rings. The molecule has 6 nitrogen and oxygen atoms in total. The third-order valence-corrected chi connectivity index (χ3v) is 10.2. The first kappa shape index (κ1) is 28.9. The first-order valence-electron chi connectivity index (χ1n) is 16.6. The van der Waals surface area contributed by atoms with Gasteiger partial charge in [-0.05, 0) is 86.5 Å². The van der Waals surface area contributed by atoms with Gasteiger partial charge in [0.2, 0.25) is 11.8 Å². The molecule has 46 heavy (non-hydrogen) atoms. The van der Waals surface area contributed by atoms with Crippen LogP contribution in [0.1, 0.15) is 49.0 Å². The van der Waals surface area contributed by atoms with Crippen molar-refractivity contribution in [2.75, 3.05) is 27.2 Å². The predicted molar refractivity (Wildman–Crippen MR) is 185 cm³/mol. The summed E-state index contributed by atoms with van der Waals surface area (Å²) in [5.74, 6) is 1.08. The summed E-state index contributed by atoms with van der Waals surface area (Å²) in [5.41, 5.74) is 2.37. The van der Waals surface area contributed by atoms with Gasteiger partial charge < -0.3 is 9.47 Å². The van der Waals surface area contributed by atoms with E-state index in [1.807, 2.05) is 12.1 Å². The number of benzene rings is 5. The molecule has 232 valence electrons. The van der Waals surface area contributed by atoms with Crippen LogP contribution in [-0.2, 0) is 0 Å². The van der Waals surface area contributed by atoms with Crippen LogP contribution in [0.2, 0.25) is 0 Å². The van der Waals surface area contributed by atoms with E-state index in [1.165, 1.54) is 32.7 Å². The van der Waals surface area contributed by atoms with Crippen LogP contribution in [0.15, 0.2) is 109 Å². The minimum absolute atomic E-state index is 0.196. The fourth-order valence-electron chi connectivity index (χ4n) is 7.80. The van der Waals surface area contributed by atoms with Crippen molar-refractivity contribution >= 4 is 32.3 Å². The minimum atomic E-state index is -0.196. The van der Waals surface area contributed by atoms with E-state index >= 15 is 0 Å². The SMILES string of the molecule is CN1CCC[C@H]1[C@H](Oc1nnc(O[C@H](c2cccc3ccccc23)[C@@H]2CCCN2C)c2ccccc12)c1cccc2ccccc12. The van der Waals surface area contributed by atoms with E-state index < -0.39 is 0 Å². The van der Waals surface area contributed by atoms with Crippen LogP contribution in [0.25, 0.3) is 32.3 Å². The van der Waals surface area contributed by atoms with Crippen molar-refractivity contribution in [2.24, 2.45) is 0 Å². The number of fused-ring (bicyclic) bond motifs is 3. The van der Waals surface area contributed by atoms with Gasteiger partial charge in [0.05, 0.1) is 22.9 Å². The number of nitrogens with zero attached hydrogens (tertiary/aromatic N) is 4. The molecule has 6 aromatic rings. The van der Waals surface area contributed by atoms with E-state index in [0.29, 0.717) is 11.8 Å². The molecule has 2 aliphatic heterocycles. The predicted octanol–water partition coefficient (Wildman–Crippen LogP) is 8.36. The lowest BCUT2D eigenvalue weighted by atomic mass is 9.94. The number of hydrogen-bond donors (Lipinski definition) is 0. The standard InChI is InChI=1S/C40H40N4O2/c1-43-25-11-23-35(43)37(31-21-9-15-27-13-3-5-17-29(27)31)45-39-33-19-7-8-20-34(33)40(42-41-39)46-38(36-24-12-26-44(36)2)32-22-10-16-28-14-4-6-18-30(28)32/h3-10,13-22,35-38H,11-12,23-26H2,1-2H3/t35-,36-,37+,38+/m0/s1. The molecule has 8 rings (SSSR count). The van der Waals surface area contributed by atoms with Crippen molar-refractivity contribution < 1.29 is 9.47 Å². The van der Waals surface area contributed by atoms with E-state index in [4.69, 9.17) is 19.7 Å². The summed E-state index contributed by atoms with van der Waals surface area (Å²) >= 11 is 0. The van der Waals surface area contributed by atoms with Gasteiger partial charge in [0.25, 0.3) is 0 Å². The maximum Gasteiger partial charge on any atom is 0.242 e. The summed E-state index contributed by atoms with van der Waals surface area (Å²) < 4.78 is 14.0. The molecule has 0 spiro atoms. The Morgan fingerprint density at radius 2 is 0.913 bits per heavy atom. The lowest BCUT2D eigenvalue weighted by Crippen LogP contribution is -2.35. The van der Waals surface area contributed by atoms with Gasteiger partial charge in [-0.3, -0.25) is 9.80 Å². The summed E-state index contributed by atoms with van der Waals surface area (Å²) in [5, 5.41) is 16.2. The lowest BCUT2D eigenvalue weighted by Gasteiger charge is -2.31. The smallest absolute Gasteiger partial charge is 0.242 e. The van der Waals surface area contributed by atoms with E-state index in [-0.39, 0.29) is 24.3 Å². The Labute approximate surface area is 270 Å². The Morgan fingerprint density at radius 3 is 1.33 bits per heavy atom. The second-order valence-corrected chi connectivity index (χ2v) is 12.9. The summed E-state index contributed by atoms with van der Waals surface area (Å²) in [6.07, 6.45) is 4.04. The first-order valence-corrected chi connectivity index (χ1v) is 16.6. The van der Waals surface area contributed by atoms with Crippen molar-refractivity contribution in [3.05, 3.63) is 120 Å². The highest BCUT2D eigenvalue weighted by Gasteiger charge is 2.36. The molecule has 2 aliphatic rings. The van der Waals surface area contributed by atoms with Gasteiger partial charge in [0.15, 0.2) is 0 Å². The Morgan fingerprint density at radius 1 is 0.522 bits per heavy atom. The van der Waals surface area contributed by atoms with Gasteiger partial charge in [-0.2, -0.15) is 0 Å². The topological polar surface area (TPSA) is 50.7 Å². The maximum atomic E-state index is 7.02. The molecule has 0 amide bonds. The van der Waals surface area contributed by atoms with E-state index in [9.17, 15) is 0 Å². The van der Waals surface area contributed by atoms with Crippen molar-refractivity contribution in [3.63, 3.8) is 0 Å². The molecule has 0 saturated carbocycles. The number of hydrogen-bond acceptors (Lipinski definition) is 6. The second kappa shape index (κ2) is 12.3. The highest BCUT2D eigenvalue weighted by Crippen LogP contribution is 2.41. The Bertz CT molecular complexity index is 1860. The van der Waals surface area contributed by atoms with Crippen LogP contribution in [0, 0.1) is 0 Å². The normalized spacial score (nSPS) is 20.4. The number of rotatable bonds is 8. The number of ether oxygens (including phenoxy) is 2. The maximum absolute atomic E-state index is 7.02. The van der Waals surface area contributed by atoms with Crippen LogP contribution in [0.5, 0.6) is 11.8 Å². The molecule has 4 atom stereocenters. The zero-order valence-electron chi connectivity index (χ0n) is 26.5. The summed E-state index contributed by atoms with van der Waals surface area (Å²) in [4.78, 5) is 4.85. The zero-order chi connectivity index (χ0) is 31.0. The molecule has 0 bridgehead atoms. The molecular weight excluding hydrogens is 568 g/mol. The molecule has 6 heteroatoms. The van der Waals surface area contributed by atoms with Gasteiger partial charge in [-0.25, -0.2) is 0 Å². The van der Waals surface area contributed by atoms with E-state index in [0.717, 1.165) is 49.5 Å². The van der Waals surface area contributed by atoms with Crippen molar-refractivity contribution in [1.29, 1.82) is 0 Å². The van der Waals surface area contributed by atoms with E-state index in [1.54, 1.807) is 0 Å². The van der Waals surface area contributed by atoms with Gasteiger partial charge in [-0.15, -0.1) is 10.2 Å². The fraction of sp³-hybridized carbons (Fsp3) is 0.300. The average Bonchev–Trinajstić information content (AvgIpc) is 3.73. The second-order valence-electron chi connectivity index (χ2n) is 12.9. The molecule has 0 aliphatic carbocycles. The molecular formula is C40H40N4O2. The van der Waals surface area contributed by atoms with Gasteiger partial charge in [-0.1, -0.05) is 97.1 Å². The summed E-state index contributed by atoms with van der Waals surface area (Å²) in [6.45, 7) is 2.11. The Hall–Kier alpha value is -4.52. The molecule has 0 radical (unpaired) electrons. The molecule has 0 N–H and O–H groups in total. The molecule has 0 unspecified atom stereocenters. The fourth-order valence-corrected chi connectivity index (χ4v) is 7.80. The zero-order valence-corrected chi connectivity index (χ0v) is 26.5. The quantitative estimate of drug-likeness (QED) is 0.173. The number of likely N-dealkylation sites (tertiary alicyclic amines) is 2. The average molecular weight is 609 g/mol. The van der Waals surface area contributed by atoms with Crippen LogP contribution < -0.4 is 9.47 Å². The highest BCUT2D eigenvalue weighted by molar-refractivity contribution is 5.91. The van der Waals surface area contributed by atoms with E-state index in [2.05, 4.69) is 121 Å². The van der Waals surface area contributed by atoms with Crippen LogP contribution in [0.3, 0.4) is 0 Å². The largest absolute Gasteiger partial charge is 0.466 e. The van der Waals surface area contributed by atoms with Crippen LogP contribution in [-0.4, -0.2) is 59.3 Å². The first-order chi connectivity index (χ1) is 22.7. The summed E-state index contributed by atoms with van der Waals surface area (Å²) in [6, 6.07) is 38.9. The van der Waals surface area contributed by atoms with Crippen molar-refractivity contribution in [3.8, 4) is 11.8 Å². The Kier molecular flexibility index (Phi) is 7.76.